The van der Waals surface area contributed by atoms with Crippen molar-refractivity contribution in [3.8, 4) is 0 Å². The molecule has 1 aliphatic heterocycles. The summed E-state index contributed by atoms with van der Waals surface area (Å²) in [6.07, 6.45) is 5.31. The fourth-order valence-corrected chi connectivity index (χ4v) is 4.25. The van der Waals surface area contributed by atoms with Crippen LogP contribution in [0.3, 0.4) is 0 Å². The van der Waals surface area contributed by atoms with Crippen molar-refractivity contribution >= 4 is 23.1 Å². The Morgan fingerprint density at radius 1 is 1.33 bits per heavy atom. The number of thiophene rings is 1. The first-order chi connectivity index (χ1) is 11.8. The summed E-state index contributed by atoms with van der Waals surface area (Å²) in [6.45, 7) is 2.33. The van der Waals surface area contributed by atoms with E-state index in [-0.39, 0.29) is 11.8 Å². The second-order valence-electron chi connectivity index (χ2n) is 6.61. The molecule has 5 nitrogen and oxygen atoms in total. The van der Waals surface area contributed by atoms with Crippen LogP contribution in [-0.4, -0.2) is 29.2 Å². The molecule has 3 heterocycles. The molecule has 1 N–H and O–H groups in total. The van der Waals surface area contributed by atoms with E-state index < -0.39 is 0 Å². The summed E-state index contributed by atoms with van der Waals surface area (Å²) in [4.78, 5) is 15.9. The lowest BCUT2D eigenvalue weighted by Crippen LogP contribution is -2.43. The fraction of sp³-hybridized carbons (Fsp3) is 0.500. The van der Waals surface area contributed by atoms with E-state index in [0.29, 0.717) is 6.54 Å². The lowest BCUT2D eigenvalue weighted by Gasteiger charge is -2.32. The number of aromatic nitrogens is 2. The molecule has 0 aromatic carbocycles. The molecule has 0 spiro atoms. The van der Waals surface area contributed by atoms with Crippen LogP contribution in [0, 0.1) is 5.92 Å². The van der Waals surface area contributed by atoms with Crippen LogP contribution < -0.4 is 10.2 Å². The number of hydrogen-bond donors (Lipinski definition) is 1. The Hall–Kier alpha value is -1.95. The van der Waals surface area contributed by atoms with Crippen molar-refractivity contribution in [2.45, 2.75) is 38.6 Å². The molecule has 6 heteroatoms. The van der Waals surface area contributed by atoms with Crippen LogP contribution in [0.1, 0.15) is 35.4 Å². The van der Waals surface area contributed by atoms with Gasteiger partial charge in [-0.05, 0) is 55.2 Å². The topological polar surface area (TPSA) is 58.1 Å². The van der Waals surface area contributed by atoms with Crippen molar-refractivity contribution in [3.63, 3.8) is 0 Å². The number of anilines is 1. The second kappa shape index (κ2) is 6.89. The predicted molar refractivity (Wildman–Crippen MR) is 95.2 cm³/mol. The Balaban J connectivity index is 1.39. The summed E-state index contributed by atoms with van der Waals surface area (Å²) >= 11 is 1.68. The quantitative estimate of drug-likeness (QED) is 0.928. The third kappa shape index (κ3) is 3.29. The van der Waals surface area contributed by atoms with Gasteiger partial charge in [-0.25, -0.2) is 0 Å². The smallest absolute Gasteiger partial charge is 0.225 e. The third-order valence-corrected chi connectivity index (χ3v) is 5.82. The zero-order valence-electron chi connectivity index (χ0n) is 13.7. The van der Waals surface area contributed by atoms with Crippen LogP contribution in [0.15, 0.2) is 23.6 Å². The van der Waals surface area contributed by atoms with Crippen molar-refractivity contribution in [1.29, 1.82) is 0 Å². The molecule has 126 valence electrons. The number of carbonyl (C=O) groups is 1. The summed E-state index contributed by atoms with van der Waals surface area (Å²) in [7, 11) is 0. The molecule has 2 aliphatic rings. The molecule has 2 aromatic rings. The van der Waals surface area contributed by atoms with Gasteiger partial charge in [0, 0.05) is 18.0 Å². The molecule has 2 aromatic heterocycles. The van der Waals surface area contributed by atoms with E-state index in [1.165, 1.54) is 16.9 Å². The molecule has 1 unspecified atom stereocenters. The second-order valence-corrected chi connectivity index (χ2v) is 7.64. The van der Waals surface area contributed by atoms with Crippen molar-refractivity contribution in [2.75, 3.05) is 18.0 Å². The van der Waals surface area contributed by atoms with E-state index in [1.807, 2.05) is 11.4 Å². The largest absolute Gasteiger partial charge is 0.354 e. The van der Waals surface area contributed by atoms with E-state index in [1.54, 1.807) is 11.3 Å². The zero-order valence-corrected chi connectivity index (χ0v) is 14.5. The maximum Gasteiger partial charge on any atom is 0.225 e. The molecule has 1 saturated heterocycles. The van der Waals surface area contributed by atoms with Crippen LogP contribution in [0.25, 0.3) is 0 Å². The number of rotatable bonds is 4. The first kappa shape index (κ1) is 15.6. The number of carbonyl (C=O) groups excluding carboxylic acids is 1. The van der Waals surface area contributed by atoms with Gasteiger partial charge in [-0.15, -0.1) is 16.4 Å². The molecule has 0 radical (unpaired) electrons. The Bertz CT molecular complexity index is 716. The van der Waals surface area contributed by atoms with E-state index in [0.717, 1.165) is 50.3 Å². The van der Waals surface area contributed by atoms with Crippen molar-refractivity contribution in [3.05, 3.63) is 39.7 Å². The number of amides is 1. The van der Waals surface area contributed by atoms with Crippen LogP contribution >= 0.6 is 11.3 Å². The van der Waals surface area contributed by atoms with Crippen LogP contribution in [0.4, 0.5) is 5.82 Å². The van der Waals surface area contributed by atoms with Crippen LogP contribution in [0.2, 0.25) is 0 Å². The van der Waals surface area contributed by atoms with Crippen molar-refractivity contribution in [1.82, 2.24) is 15.5 Å². The first-order valence-corrected chi connectivity index (χ1v) is 9.58. The normalized spacial score (nSPS) is 20.0. The predicted octanol–water partition coefficient (Wildman–Crippen LogP) is 2.56. The van der Waals surface area contributed by atoms with Gasteiger partial charge < -0.3 is 10.2 Å². The van der Waals surface area contributed by atoms with Crippen LogP contribution in [0.5, 0.6) is 0 Å². The molecule has 0 saturated carbocycles. The molecule has 4 rings (SSSR count). The molecule has 1 aliphatic carbocycles. The molecular weight excluding hydrogens is 320 g/mol. The summed E-state index contributed by atoms with van der Waals surface area (Å²) < 4.78 is 0. The maximum absolute atomic E-state index is 12.5. The third-order valence-electron chi connectivity index (χ3n) is 4.94. The van der Waals surface area contributed by atoms with Crippen molar-refractivity contribution < 1.29 is 4.79 Å². The highest BCUT2D eigenvalue weighted by Crippen LogP contribution is 2.26. The lowest BCUT2D eigenvalue weighted by molar-refractivity contribution is -0.125. The highest BCUT2D eigenvalue weighted by Gasteiger charge is 2.27. The van der Waals surface area contributed by atoms with E-state index >= 15 is 0 Å². The Kier molecular flexibility index (Phi) is 4.47. The van der Waals surface area contributed by atoms with Gasteiger partial charge in [0.25, 0.3) is 0 Å². The van der Waals surface area contributed by atoms with Gasteiger partial charge >= 0.3 is 0 Å². The van der Waals surface area contributed by atoms with Gasteiger partial charge in [-0.1, -0.05) is 6.07 Å². The molecule has 0 bridgehead atoms. The average molecular weight is 342 g/mol. The minimum absolute atomic E-state index is 0.0359. The summed E-state index contributed by atoms with van der Waals surface area (Å²) in [5, 5.41) is 13.9. The highest BCUT2D eigenvalue weighted by molar-refractivity contribution is 7.09. The highest BCUT2D eigenvalue weighted by atomic mass is 32.1. The maximum atomic E-state index is 12.5. The van der Waals surface area contributed by atoms with Gasteiger partial charge in [0.2, 0.25) is 5.91 Å². The standard InChI is InChI=1S/C18H22N4OS/c23-18(19-11-15-6-3-9-24-15)14-5-2-8-22(12-14)17-10-13-4-1-7-16(13)20-21-17/h3,6,9-10,14H,1-2,4-5,7-8,11-12H2,(H,19,23). The summed E-state index contributed by atoms with van der Waals surface area (Å²) in [5.41, 5.74) is 2.49. The molecule has 24 heavy (non-hydrogen) atoms. The zero-order chi connectivity index (χ0) is 16.4. The Labute approximate surface area is 146 Å². The minimum Gasteiger partial charge on any atom is -0.354 e. The molecule has 1 atom stereocenters. The Morgan fingerprint density at radius 2 is 2.29 bits per heavy atom. The number of fused-ring (bicyclic) bond motifs is 1. The van der Waals surface area contributed by atoms with Gasteiger partial charge in [-0.2, -0.15) is 5.10 Å². The number of hydrogen-bond acceptors (Lipinski definition) is 5. The summed E-state index contributed by atoms with van der Waals surface area (Å²) in [5.74, 6) is 1.13. The SMILES string of the molecule is O=C(NCc1cccs1)C1CCCN(c2cc3c(nn2)CCC3)C1. The number of nitrogens with zero attached hydrogens (tertiary/aromatic N) is 3. The number of nitrogens with one attached hydrogen (secondary N) is 1. The number of aryl methyl sites for hydroxylation is 2. The lowest BCUT2D eigenvalue weighted by atomic mass is 9.97. The van der Waals surface area contributed by atoms with E-state index in [4.69, 9.17) is 0 Å². The number of piperidine rings is 1. The van der Waals surface area contributed by atoms with E-state index in [2.05, 4.69) is 32.5 Å². The van der Waals surface area contributed by atoms with Gasteiger partial charge in [0.1, 0.15) is 0 Å². The van der Waals surface area contributed by atoms with Crippen molar-refractivity contribution in [2.24, 2.45) is 5.92 Å². The monoisotopic (exact) mass is 342 g/mol. The fourth-order valence-electron chi connectivity index (χ4n) is 3.60. The minimum atomic E-state index is 0.0359. The molecular formula is C18H22N4OS. The summed E-state index contributed by atoms with van der Waals surface area (Å²) in [6, 6.07) is 6.25. The van der Waals surface area contributed by atoms with Gasteiger partial charge in [0.15, 0.2) is 5.82 Å². The van der Waals surface area contributed by atoms with Gasteiger partial charge in [0.05, 0.1) is 18.2 Å². The van der Waals surface area contributed by atoms with E-state index in [9.17, 15) is 4.79 Å². The first-order valence-electron chi connectivity index (χ1n) is 8.70. The molecule has 1 fully saturated rings. The molecule has 1 amide bonds. The average Bonchev–Trinajstić information content (AvgIpc) is 3.30. The Morgan fingerprint density at radius 3 is 3.17 bits per heavy atom. The van der Waals surface area contributed by atoms with Crippen LogP contribution in [-0.2, 0) is 24.2 Å². The van der Waals surface area contributed by atoms with Gasteiger partial charge in [-0.3, -0.25) is 4.79 Å².